The molecule has 38 heavy (non-hydrogen) atoms. The molecule has 1 aromatic carbocycles. The van der Waals surface area contributed by atoms with Gasteiger partial charge in [0.25, 0.3) is 0 Å². The van der Waals surface area contributed by atoms with E-state index in [0.29, 0.717) is 0 Å². The Kier molecular flexibility index (Phi) is 9.48. The summed E-state index contributed by atoms with van der Waals surface area (Å²) < 4.78 is 0. The molecule has 0 bridgehead atoms. The number of carbonyl (C=O) groups is 2. The zero-order valence-corrected chi connectivity index (χ0v) is 23.7. The fraction of sp³-hybridized carbons (Fsp3) is 0.424. The van der Waals surface area contributed by atoms with Crippen molar-refractivity contribution < 1.29 is 14.7 Å². The van der Waals surface area contributed by atoms with Crippen LogP contribution in [0, 0.1) is 10.8 Å². The molecule has 0 saturated carbocycles. The number of anilines is 1. The van der Waals surface area contributed by atoms with Crippen molar-refractivity contribution >= 4 is 28.3 Å². The maximum atomic E-state index is 12.4. The van der Waals surface area contributed by atoms with Gasteiger partial charge in [-0.3, -0.25) is 9.78 Å². The number of benzene rings is 1. The Labute approximate surface area is 227 Å². The SMILES string of the molecule is CC1=C(/C=C/C(=O)Nc2cccc3cnccc23)C(C)(C)CCC1.CC1=C(/C=C/C(=O)O)C(C)(C)CCC1. The number of carboxylic acid groups (broad SMARTS) is 1. The van der Waals surface area contributed by atoms with Gasteiger partial charge < -0.3 is 10.4 Å². The van der Waals surface area contributed by atoms with Crippen molar-refractivity contribution in [3.05, 3.63) is 83.3 Å². The summed E-state index contributed by atoms with van der Waals surface area (Å²) >= 11 is 0. The van der Waals surface area contributed by atoms with Gasteiger partial charge >= 0.3 is 5.97 Å². The van der Waals surface area contributed by atoms with E-state index in [-0.39, 0.29) is 16.7 Å². The number of rotatable bonds is 5. The van der Waals surface area contributed by atoms with Crippen molar-refractivity contribution in [2.45, 2.75) is 80.1 Å². The molecule has 5 nitrogen and oxygen atoms in total. The molecular weight excluding hydrogens is 472 g/mol. The summed E-state index contributed by atoms with van der Waals surface area (Å²) in [6, 6.07) is 7.77. The van der Waals surface area contributed by atoms with Crippen molar-refractivity contribution in [3.63, 3.8) is 0 Å². The summed E-state index contributed by atoms with van der Waals surface area (Å²) in [7, 11) is 0. The normalized spacial score (nSPS) is 19.0. The number of carbonyl (C=O) groups excluding carboxylic acids is 1. The number of hydrogen-bond donors (Lipinski definition) is 2. The predicted octanol–water partition coefficient (Wildman–Crippen LogP) is 8.41. The zero-order chi connectivity index (χ0) is 27.9. The lowest BCUT2D eigenvalue weighted by Gasteiger charge is -2.32. The maximum Gasteiger partial charge on any atom is 0.328 e. The zero-order valence-electron chi connectivity index (χ0n) is 23.7. The molecule has 2 aliphatic carbocycles. The summed E-state index contributed by atoms with van der Waals surface area (Å²) in [5.41, 5.74) is 6.32. The summed E-state index contributed by atoms with van der Waals surface area (Å²) in [4.78, 5) is 27.0. The number of aliphatic carboxylic acids is 1. The second-order valence-electron chi connectivity index (χ2n) is 11.8. The van der Waals surface area contributed by atoms with Crippen molar-refractivity contribution in [3.8, 4) is 0 Å². The Balaban J connectivity index is 0.000000244. The number of carboxylic acids is 1. The highest BCUT2D eigenvalue weighted by Gasteiger charge is 2.27. The predicted molar refractivity (Wildman–Crippen MR) is 157 cm³/mol. The third-order valence-corrected chi connectivity index (χ3v) is 7.82. The number of aromatic nitrogens is 1. The molecule has 0 fully saturated rings. The topological polar surface area (TPSA) is 79.3 Å². The largest absolute Gasteiger partial charge is 0.478 e. The van der Waals surface area contributed by atoms with Gasteiger partial charge in [-0.15, -0.1) is 0 Å². The molecule has 202 valence electrons. The second kappa shape index (κ2) is 12.4. The average molecular weight is 515 g/mol. The monoisotopic (exact) mass is 514 g/mol. The Hall–Kier alpha value is -3.47. The smallest absolute Gasteiger partial charge is 0.328 e. The maximum absolute atomic E-state index is 12.4. The first kappa shape index (κ1) is 29.1. The number of nitrogens with one attached hydrogen (secondary N) is 1. The minimum Gasteiger partial charge on any atom is -0.478 e. The number of hydrogen-bond acceptors (Lipinski definition) is 3. The van der Waals surface area contributed by atoms with Crippen LogP contribution in [0.15, 0.2) is 83.3 Å². The molecule has 4 rings (SSSR count). The van der Waals surface area contributed by atoms with Gasteiger partial charge in [0.1, 0.15) is 0 Å². The highest BCUT2D eigenvalue weighted by atomic mass is 16.4. The number of allylic oxidation sites excluding steroid dienone is 6. The van der Waals surface area contributed by atoms with Crippen LogP contribution in [0.3, 0.4) is 0 Å². The molecule has 1 heterocycles. The van der Waals surface area contributed by atoms with E-state index < -0.39 is 5.97 Å². The van der Waals surface area contributed by atoms with E-state index in [0.717, 1.165) is 35.7 Å². The molecule has 0 aliphatic heterocycles. The highest BCUT2D eigenvalue weighted by Crippen LogP contribution is 2.41. The van der Waals surface area contributed by atoms with E-state index in [1.165, 1.54) is 47.6 Å². The number of amides is 1. The van der Waals surface area contributed by atoms with E-state index in [9.17, 15) is 9.59 Å². The van der Waals surface area contributed by atoms with Crippen LogP contribution in [0.2, 0.25) is 0 Å². The third kappa shape index (κ3) is 7.53. The second-order valence-corrected chi connectivity index (χ2v) is 11.8. The Morgan fingerprint density at radius 2 is 1.47 bits per heavy atom. The Morgan fingerprint density at radius 1 is 0.895 bits per heavy atom. The molecule has 2 aliphatic rings. The van der Waals surface area contributed by atoms with Crippen molar-refractivity contribution in [1.29, 1.82) is 0 Å². The molecule has 2 aromatic rings. The molecular formula is C33H42N2O3. The molecule has 0 saturated heterocycles. The third-order valence-electron chi connectivity index (χ3n) is 7.82. The van der Waals surface area contributed by atoms with Gasteiger partial charge in [0.15, 0.2) is 0 Å². The Morgan fingerprint density at radius 3 is 2.03 bits per heavy atom. The van der Waals surface area contributed by atoms with Crippen LogP contribution >= 0.6 is 0 Å². The van der Waals surface area contributed by atoms with E-state index in [2.05, 4.69) is 51.8 Å². The molecule has 0 spiro atoms. The van der Waals surface area contributed by atoms with Crippen LogP contribution in [-0.2, 0) is 9.59 Å². The van der Waals surface area contributed by atoms with Crippen LogP contribution in [0.5, 0.6) is 0 Å². The molecule has 1 aromatic heterocycles. The van der Waals surface area contributed by atoms with Gasteiger partial charge in [-0.25, -0.2) is 4.79 Å². The lowest BCUT2D eigenvalue weighted by molar-refractivity contribution is -0.131. The van der Waals surface area contributed by atoms with E-state index in [4.69, 9.17) is 5.11 Å². The lowest BCUT2D eigenvalue weighted by atomic mass is 9.72. The summed E-state index contributed by atoms with van der Waals surface area (Å²) in [6.45, 7) is 13.1. The standard InChI is InChI=1S/C21H24N2O.C12H18O2/c1-15-6-5-12-21(2,3)18(15)9-10-20(24)23-19-8-4-7-16-14-22-13-11-17(16)19;1-9-5-4-8-12(2,3)10(9)6-7-11(13)14/h4,7-11,13-14H,5-6,12H2,1-3H3,(H,23,24);6-7H,4-5,8H2,1-3H3,(H,13,14)/b10-9+;7-6+. The van der Waals surface area contributed by atoms with Gasteiger partial charge in [-0.05, 0) is 86.5 Å². The Bertz CT molecular complexity index is 1300. The van der Waals surface area contributed by atoms with Gasteiger partial charge in [-0.2, -0.15) is 0 Å². The van der Waals surface area contributed by atoms with Crippen LogP contribution in [0.1, 0.15) is 80.1 Å². The first-order valence-corrected chi connectivity index (χ1v) is 13.5. The quantitative estimate of drug-likeness (QED) is 0.393. The fourth-order valence-corrected chi connectivity index (χ4v) is 5.74. The van der Waals surface area contributed by atoms with Crippen LogP contribution < -0.4 is 5.32 Å². The van der Waals surface area contributed by atoms with Crippen LogP contribution in [0.4, 0.5) is 5.69 Å². The molecule has 1 amide bonds. The molecule has 5 heteroatoms. The molecule has 0 unspecified atom stereocenters. The van der Waals surface area contributed by atoms with Crippen LogP contribution in [0.25, 0.3) is 10.8 Å². The summed E-state index contributed by atoms with van der Waals surface area (Å²) in [6.07, 6.45) is 17.2. The van der Waals surface area contributed by atoms with Crippen molar-refractivity contribution in [2.75, 3.05) is 5.32 Å². The average Bonchev–Trinajstić information content (AvgIpc) is 2.83. The van der Waals surface area contributed by atoms with E-state index in [1.807, 2.05) is 30.3 Å². The van der Waals surface area contributed by atoms with Gasteiger partial charge in [0.05, 0.1) is 0 Å². The minimum absolute atomic E-state index is 0.0963. The fourth-order valence-electron chi connectivity index (χ4n) is 5.74. The van der Waals surface area contributed by atoms with E-state index >= 15 is 0 Å². The van der Waals surface area contributed by atoms with Crippen LogP contribution in [-0.4, -0.2) is 22.0 Å². The van der Waals surface area contributed by atoms with Crippen molar-refractivity contribution in [2.24, 2.45) is 10.8 Å². The first-order chi connectivity index (χ1) is 17.9. The molecule has 0 atom stereocenters. The highest BCUT2D eigenvalue weighted by molar-refractivity contribution is 6.06. The summed E-state index contributed by atoms with van der Waals surface area (Å²) in [5.74, 6) is -0.965. The van der Waals surface area contributed by atoms with Gasteiger partial charge in [-0.1, -0.05) is 63.1 Å². The number of pyridine rings is 1. The first-order valence-electron chi connectivity index (χ1n) is 13.5. The lowest BCUT2D eigenvalue weighted by Crippen LogP contribution is -2.19. The van der Waals surface area contributed by atoms with Gasteiger partial charge in [0, 0.05) is 41.0 Å². The van der Waals surface area contributed by atoms with Crippen molar-refractivity contribution in [1.82, 2.24) is 4.98 Å². The summed E-state index contributed by atoms with van der Waals surface area (Å²) in [5, 5.41) is 13.6. The number of fused-ring (bicyclic) bond motifs is 1. The van der Waals surface area contributed by atoms with Gasteiger partial charge in [0.2, 0.25) is 5.91 Å². The minimum atomic E-state index is -0.869. The van der Waals surface area contributed by atoms with E-state index in [1.54, 1.807) is 24.5 Å². The number of nitrogens with zero attached hydrogens (tertiary/aromatic N) is 1. The molecule has 2 N–H and O–H groups in total. The molecule has 0 radical (unpaired) electrons.